The summed E-state index contributed by atoms with van der Waals surface area (Å²) in [5.41, 5.74) is 2.58. The summed E-state index contributed by atoms with van der Waals surface area (Å²) >= 11 is 0. The fourth-order valence-electron chi connectivity index (χ4n) is 3.42. The van der Waals surface area contributed by atoms with Crippen LogP contribution in [-0.4, -0.2) is 33.7 Å². The molecule has 1 amide bonds. The predicted molar refractivity (Wildman–Crippen MR) is 91.2 cm³/mol. The average molecular weight is 311 g/mol. The van der Waals surface area contributed by atoms with Crippen molar-refractivity contribution in [1.82, 2.24) is 14.7 Å². The second-order valence-corrected chi connectivity index (χ2v) is 6.88. The molecule has 2 aromatic rings. The van der Waals surface area contributed by atoms with Crippen molar-refractivity contribution in [3.05, 3.63) is 53.9 Å². The first kappa shape index (κ1) is 15.8. The van der Waals surface area contributed by atoms with Crippen molar-refractivity contribution in [2.75, 3.05) is 13.1 Å². The molecule has 1 fully saturated rings. The number of rotatable bonds is 5. The molecule has 0 bridgehead atoms. The lowest BCUT2D eigenvalue weighted by molar-refractivity contribution is -0.135. The molecule has 1 aromatic carbocycles. The van der Waals surface area contributed by atoms with E-state index in [1.807, 2.05) is 35.0 Å². The van der Waals surface area contributed by atoms with E-state index >= 15 is 0 Å². The van der Waals surface area contributed by atoms with Crippen LogP contribution in [0.5, 0.6) is 0 Å². The molecule has 0 radical (unpaired) electrons. The monoisotopic (exact) mass is 311 g/mol. The van der Waals surface area contributed by atoms with E-state index in [1.165, 1.54) is 11.1 Å². The number of aromatic nitrogens is 2. The predicted octanol–water partition coefficient (Wildman–Crippen LogP) is 3.16. The molecular weight excluding hydrogens is 286 g/mol. The number of piperidine rings is 1. The molecule has 0 N–H and O–H groups in total. The van der Waals surface area contributed by atoms with Gasteiger partial charge < -0.3 is 4.90 Å². The molecule has 122 valence electrons. The minimum absolute atomic E-state index is 0.0669. The Hall–Kier alpha value is -2.10. The molecule has 3 rings (SSSR count). The molecule has 0 unspecified atom stereocenters. The summed E-state index contributed by atoms with van der Waals surface area (Å²) in [5.74, 6) is 0.287. The molecule has 23 heavy (non-hydrogen) atoms. The lowest BCUT2D eigenvalue weighted by Gasteiger charge is -2.40. The van der Waals surface area contributed by atoms with Crippen LogP contribution in [0.1, 0.15) is 37.3 Å². The zero-order valence-corrected chi connectivity index (χ0v) is 14.0. The molecule has 2 heterocycles. The molecule has 0 spiro atoms. The summed E-state index contributed by atoms with van der Waals surface area (Å²) in [4.78, 5) is 14.3. The summed E-state index contributed by atoms with van der Waals surface area (Å²) in [6, 6.07) is 10.6. The molecule has 1 atom stereocenters. The first-order chi connectivity index (χ1) is 11.1. The maximum Gasteiger partial charge on any atom is 0.222 e. The largest absolute Gasteiger partial charge is 0.342 e. The van der Waals surface area contributed by atoms with E-state index in [9.17, 15) is 4.79 Å². The zero-order chi connectivity index (χ0) is 16.3. The maximum absolute atomic E-state index is 12.3. The Morgan fingerprint density at radius 1 is 1.22 bits per heavy atom. The number of nitrogens with zero attached hydrogens (tertiary/aromatic N) is 3. The average Bonchev–Trinajstić information content (AvgIpc) is 2.97. The number of carbonyl (C=O) groups excluding carboxylic acids is 1. The van der Waals surface area contributed by atoms with Gasteiger partial charge in [-0.1, -0.05) is 37.3 Å². The number of amides is 1. The highest BCUT2D eigenvalue weighted by Crippen LogP contribution is 2.34. The van der Waals surface area contributed by atoms with E-state index in [1.54, 1.807) is 0 Å². The third-order valence-corrected chi connectivity index (χ3v) is 4.83. The van der Waals surface area contributed by atoms with Crippen LogP contribution in [0.2, 0.25) is 0 Å². The number of hydrogen-bond donors (Lipinski definition) is 0. The van der Waals surface area contributed by atoms with Gasteiger partial charge in [0, 0.05) is 37.7 Å². The van der Waals surface area contributed by atoms with Crippen LogP contribution in [0.15, 0.2) is 42.7 Å². The Balaban J connectivity index is 1.61. The zero-order valence-electron chi connectivity index (χ0n) is 14.0. The molecule has 4 nitrogen and oxygen atoms in total. The van der Waals surface area contributed by atoms with Gasteiger partial charge in [-0.15, -0.1) is 0 Å². The standard InChI is InChI=1S/C19H25N3O/c1-16-13-20-22(14-16)12-6-11-21-15-19(2,10-9-18(21)23)17-7-4-3-5-8-17/h3-5,7-8,13-14H,6,9-12,15H2,1-2H3/t19-/m0/s1. The summed E-state index contributed by atoms with van der Waals surface area (Å²) < 4.78 is 1.96. The van der Waals surface area contributed by atoms with Crippen molar-refractivity contribution >= 4 is 5.91 Å². The van der Waals surface area contributed by atoms with Gasteiger partial charge in [0.05, 0.1) is 6.20 Å². The van der Waals surface area contributed by atoms with Crippen molar-refractivity contribution < 1.29 is 4.79 Å². The highest BCUT2D eigenvalue weighted by atomic mass is 16.2. The first-order valence-electron chi connectivity index (χ1n) is 8.39. The number of likely N-dealkylation sites (tertiary alicyclic amines) is 1. The van der Waals surface area contributed by atoms with Crippen molar-refractivity contribution in [1.29, 1.82) is 0 Å². The number of benzene rings is 1. The Morgan fingerprint density at radius 2 is 2.00 bits per heavy atom. The quantitative estimate of drug-likeness (QED) is 0.850. The Morgan fingerprint density at radius 3 is 2.70 bits per heavy atom. The van der Waals surface area contributed by atoms with E-state index < -0.39 is 0 Å². The van der Waals surface area contributed by atoms with Gasteiger partial charge >= 0.3 is 0 Å². The normalized spacial score (nSPS) is 21.7. The second-order valence-electron chi connectivity index (χ2n) is 6.88. The van der Waals surface area contributed by atoms with E-state index in [4.69, 9.17) is 0 Å². The minimum atomic E-state index is 0.0669. The van der Waals surface area contributed by atoms with Gasteiger partial charge in [0.2, 0.25) is 5.91 Å². The molecular formula is C19H25N3O. The minimum Gasteiger partial charge on any atom is -0.342 e. The van der Waals surface area contributed by atoms with E-state index in [-0.39, 0.29) is 11.3 Å². The first-order valence-corrected chi connectivity index (χ1v) is 8.39. The van der Waals surface area contributed by atoms with E-state index in [0.717, 1.165) is 32.5 Å². The lowest BCUT2D eigenvalue weighted by atomic mass is 9.75. The third-order valence-electron chi connectivity index (χ3n) is 4.83. The van der Waals surface area contributed by atoms with Crippen LogP contribution >= 0.6 is 0 Å². The van der Waals surface area contributed by atoms with Crippen LogP contribution in [-0.2, 0) is 16.8 Å². The summed E-state index contributed by atoms with van der Waals surface area (Å²) in [5, 5.41) is 4.31. The summed E-state index contributed by atoms with van der Waals surface area (Å²) in [7, 11) is 0. The number of hydrogen-bond acceptors (Lipinski definition) is 2. The van der Waals surface area contributed by atoms with Crippen LogP contribution < -0.4 is 0 Å². The highest BCUT2D eigenvalue weighted by molar-refractivity contribution is 5.77. The van der Waals surface area contributed by atoms with E-state index in [2.05, 4.69) is 36.3 Å². The Bertz CT molecular complexity index is 664. The maximum atomic E-state index is 12.3. The summed E-state index contributed by atoms with van der Waals surface area (Å²) in [6.45, 7) is 6.80. The Kier molecular flexibility index (Phi) is 4.51. The third kappa shape index (κ3) is 3.63. The van der Waals surface area contributed by atoms with Gasteiger partial charge in [-0.05, 0) is 30.9 Å². The molecule has 1 aliphatic rings. The molecule has 0 aliphatic carbocycles. The van der Waals surface area contributed by atoms with Gasteiger partial charge in [-0.2, -0.15) is 5.10 Å². The Labute approximate surface area is 138 Å². The van der Waals surface area contributed by atoms with Crippen molar-refractivity contribution in [2.24, 2.45) is 0 Å². The fourth-order valence-corrected chi connectivity index (χ4v) is 3.42. The van der Waals surface area contributed by atoms with Crippen LogP contribution in [0, 0.1) is 6.92 Å². The van der Waals surface area contributed by atoms with Gasteiger partial charge in [0.15, 0.2) is 0 Å². The molecule has 1 aromatic heterocycles. The van der Waals surface area contributed by atoms with Crippen LogP contribution in [0.3, 0.4) is 0 Å². The van der Waals surface area contributed by atoms with Gasteiger partial charge in [-0.3, -0.25) is 9.48 Å². The molecule has 1 aliphatic heterocycles. The van der Waals surface area contributed by atoms with Gasteiger partial charge in [0.1, 0.15) is 0 Å². The second kappa shape index (κ2) is 6.57. The van der Waals surface area contributed by atoms with Gasteiger partial charge in [-0.25, -0.2) is 0 Å². The topological polar surface area (TPSA) is 38.1 Å². The number of aryl methyl sites for hydroxylation is 2. The number of carbonyl (C=O) groups is 1. The fraction of sp³-hybridized carbons (Fsp3) is 0.474. The SMILES string of the molecule is Cc1cnn(CCCN2C[C@@](C)(c3ccccc3)CCC2=O)c1. The van der Waals surface area contributed by atoms with Crippen molar-refractivity contribution in [3.63, 3.8) is 0 Å². The van der Waals surface area contributed by atoms with Crippen LogP contribution in [0.4, 0.5) is 0 Å². The highest BCUT2D eigenvalue weighted by Gasteiger charge is 2.35. The lowest BCUT2D eigenvalue weighted by Crippen LogP contribution is -2.47. The molecule has 0 saturated carbocycles. The molecule has 1 saturated heterocycles. The van der Waals surface area contributed by atoms with Crippen molar-refractivity contribution in [3.8, 4) is 0 Å². The van der Waals surface area contributed by atoms with Gasteiger partial charge in [0.25, 0.3) is 0 Å². The molecule has 4 heteroatoms. The smallest absolute Gasteiger partial charge is 0.222 e. The summed E-state index contributed by atoms with van der Waals surface area (Å²) in [6.07, 6.45) is 6.44. The van der Waals surface area contributed by atoms with Crippen molar-refractivity contribution in [2.45, 2.75) is 45.1 Å². The van der Waals surface area contributed by atoms with E-state index in [0.29, 0.717) is 6.42 Å². The van der Waals surface area contributed by atoms with Crippen LogP contribution in [0.25, 0.3) is 0 Å².